The van der Waals surface area contributed by atoms with E-state index in [1.165, 1.54) is 7.11 Å². The lowest BCUT2D eigenvalue weighted by Gasteiger charge is -2.33. The van der Waals surface area contributed by atoms with Gasteiger partial charge in [-0.15, -0.1) is 0 Å². The summed E-state index contributed by atoms with van der Waals surface area (Å²) >= 11 is 0. The van der Waals surface area contributed by atoms with Crippen molar-refractivity contribution in [2.45, 2.75) is 58.2 Å². The summed E-state index contributed by atoms with van der Waals surface area (Å²) in [5, 5.41) is 5.63. The Kier molecular flexibility index (Phi) is 7.62. The zero-order chi connectivity index (χ0) is 26.0. The fourth-order valence-corrected chi connectivity index (χ4v) is 4.95. The third kappa shape index (κ3) is 5.52. The van der Waals surface area contributed by atoms with Gasteiger partial charge in [-0.25, -0.2) is 9.59 Å². The van der Waals surface area contributed by atoms with E-state index in [4.69, 9.17) is 18.9 Å². The van der Waals surface area contributed by atoms with Crippen molar-refractivity contribution < 1.29 is 38.1 Å². The van der Waals surface area contributed by atoms with Crippen molar-refractivity contribution in [1.82, 2.24) is 10.6 Å². The quantitative estimate of drug-likeness (QED) is 0.420. The van der Waals surface area contributed by atoms with E-state index < -0.39 is 53.0 Å². The molecule has 2 amide bonds. The Morgan fingerprint density at radius 3 is 2.37 bits per heavy atom. The standard InChI is InChI=1S/C25H34N2O8/c1-7-33-21(29)18-17-16(26-20(28)14-10-9-11-15(12-14)32-6)13-25(19(17)18,22(30)34-8-2)27-23(31)35-24(3,4)5/h9-12,16-19H,7-8,13H2,1-6H3,(H,26,28)(H,27,31). The van der Waals surface area contributed by atoms with Gasteiger partial charge in [0.1, 0.15) is 16.9 Å². The highest BCUT2D eigenvalue weighted by molar-refractivity contribution is 5.96. The second-order valence-electron chi connectivity index (χ2n) is 9.72. The summed E-state index contributed by atoms with van der Waals surface area (Å²) < 4.78 is 21.1. The van der Waals surface area contributed by atoms with Gasteiger partial charge in [0.25, 0.3) is 5.91 Å². The van der Waals surface area contributed by atoms with Crippen molar-refractivity contribution in [3.63, 3.8) is 0 Å². The van der Waals surface area contributed by atoms with Gasteiger partial charge in [0, 0.05) is 23.9 Å². The fraction of sp³-hybridized carbons (Fsp3) is 0.600. The van der Waals surface area contributed by atoms with Gasteiger partial charge >= 0.3 is 18.0 Å². The minimum absolute atomic E-state index is 0.0476. The van der Waals surface area contributed by atoms with E-state index in [0.717, 1.165) is 0 Å². The Hall–Kier alpha value is -3.30. The van der Waals surface area contributed by atoms with Gasteiger partial charge in [-0.05, 0) is 58.7 Å². The number of ether oxygens (including phenoxy) is 4. The van der Waals surface area contributed by atoms with Crippen molar-refractivity contribution in [2.75, 3.05) is 20.3 Å². The van der Waals surface area contributed by atoms with E-state index in [1.807, 2.05) is 0 Å². The lowest BCUT2D eigenvalue weighted by atomic mass is 9.88. The topological polar surface area (TPSA) is 129 Å². The molecule has 0 radical (unpaired) electrons. The molecular formula is C25H34N2O8. The molecular weight excluding hydrogens is 456 g/mol. The number of hydrogen-bond acceptors (Lipinski definition) is 8. The van der Waals surface area contributed by atoms with Crippen LogP contribution in [0, 0.1) is 17.8 Å². The van der Waals surface area contributed by atoms with E-state index in [1.54, 1.807) is 58.9 Å². The number of esters is 2. The maximum absolute atomic E-state index is 13.2. The predicted octanol–water partition coefficient (Wildman–Crippen LogP) is 2.45. The van der Waals surface area contributed by atoms with Crippen LogP contribution >= 0.6 is 0 Å². The molecule has 35 heavy (non-hydrogen) atoms. The van der Waals surface area contributed by atoms with Gasteiger partial charge in [0.15, 0.2) is 0 Å². The fourth-order valence-electron chi connectivity index (χ4n) is 4.95. The number of hydrogen-bond donors (Lipinski definition) is 2. The lowest BCUT2D eigenvalue weighted by Crippen LogP contribution is -2.59. The first-order valence-corrected chi connectivity index (χ1v) is 11.8. The molecule has 5 unspecified atom stereocenters. The number of amides is 2. The SMILES string of the molecule is CCOC(=O)C1C2C(NC(=O)c3cccc(OC)c3)CC(NC(=O)OC(C)(C)C)(C(=O)OCC)C12. The van der Waals surface area contributed by atoms with Crippen LogP contribution in [0.25, 0.3) is 0 Å². The number of carbonyl (C=O) groups is 4. The maximum atomic E-state index is 13.2. The normalized spacial score (nSPS) is 26.7. The molecule has 5 atom stereocenters. The van der Waals surface area contributed by atoms with E-state index in [2.05, 4.69) is 10.6 Å². The molecule has 0 saturated heterocycles. The minimum Gasteiger partial charge on any atom is -0.497 e. The van der Waals surface area contributed by atoms with Crippen molar-refractivity contribution in [3.05, 3.63) is 29.8 Å². The van der Waals surface area contributed by atoms with Crippen LogP contribution in [0.4, 0.5) is 4.79 Å². The number of methoxy groups -OCH3 is 1. The second kappa shape index (κ2) is 10.1. The van der Waals surface area contributed by atoms with Crippen LogP contribution in [-0.4, -0.2) is 61.4 Å². The average Bonchev–Trinajstić information content (AvgIpc) is 3.46. The van der Waals surface area contributed by atoms with Crippen LogP contribution in [0.3, 0.4) is 0 Å². The Morgan fingerprint density at radius 1 is 1.09 bits per heavy atom. The molecule has 0 bridgehead atoms. The zero-order valence-corrected chi connectivity index (χ0v) is 21.0. The van der Waals surface area contributed by atoms with Crippen LogP contribution in [0.15, 0.2) is 24.3 Å². The van der Waals surface area contributed by atoms with E-state index in [0.29, 0.717) is 11.3 Å². The smallest absolute Gasteiger partial charge is 0.408 e. The number of fused-ring (bicyclic) bond motifs is 1. The van der Waals surface area contributed by atoms with E-state index in [9.17, 15) is 19.2 Å². The van der Waals surface area contributed by atoms with Gasteiger partial charge in [0.05, 0.1) is 26.2 Å². The Balaban J connectivity index is 1.92. The van der Waals surface area contributed by atoms with Gasteiger partial charge < -0.3 is 29.6 Å². The Morgan fingerprint density at radius 2 is 1.77 bits per heavy atom. The molecule has 192 valence electrons. The average molecular weight is 491 g/mol. The largest absolute Gasteiger partial charge is 0.497 e. The van der Waals surface area contributed by atoms with Gasteiger partial charge in [-0.3, -0.25) is 9.59 Å². The van der Waals surface area contributed by atoms with Crippen molar-refractivity contribution >= 4 is 23.9 Å². The van der Waals surface area contributed by atoms with E-state index >= 15 is 0 Å². The van der Waals surface area contributed by atoms with Crippen molar-refractivity contribution in [3.8, 4) is 5.75 Å². The van der Waals surface area contributed by atoms with Gasteiger partial charge in [0.2, 0.25) is 0 Å². The number of alkyl carbamates (subject to hydrolysis) is 1. The Labute approximate surface area is 205 Å². The highest BCUT2D eigenvalue weighted by atomic mass is 16.6. The highest BCUT2D eigenvalue weighted by Gasteiger charge is 2.76. The highest BCUT2D eigenvalue weighted by Crippen LogP contribution is 2.63. The molecule has 1 aromatic rings. The molecule has 1 aromatic carbocycles. The summed E-state index contributed by atoms with van der Waals surface area (Å²) in [6, 6.07) is 6.05. The molecule has 0 aromatic heterocycles. The van der Waals surface area contributed by atoms with Crippen LogP contribution in [0.1, 0.15) is 51.4 Å². The summed E-state index contributed by atoms with van der Waals surface area (Å²) in [5.41, 5.74) is -1.99. The van der Waals surface area contributed by atoms with Crippen molar-refractivity contribution in [1.29, 1.82) is 0 Å². The summed E-state index contributed by atoms with van der Waals surface area (Å²) in [6.45, 7) is 8.71. The first-order chi connectivity index (χ1) is 16.5. The maximum Gasteiger partial charge on any atom is 0.408 e. The first-order valence-electron chi connectivity index (χ1n) is 11.8. The van der Waals surface area contributed by atoms with Crippen LogP contribution in [0.5, 0.6) is 5.75 Å². The number of benzene rings is 1. The first kappa shape index (κ1) is 26.3. The van der Waals surface area contributed by atoms with Crippen LogP contribution < -0.4 is 15.4 Å². The molecule has 0 aliphatic heterocycles. The third-order valence-corrected chi connectivity index (χ3v) is 6.22. The molecule has 0 heterocycles. The molecule has 10 heteroatoms. The molecule has 2 N–H and O–H groups in total. The molecule has 0 spiro atoms. The molecule has 2 aliphatic rings. The molecule has 2 saturated carbocycles. The Bertz CT molecular complexity index is 988. The summed E-state index contributed by atoms with van der Waals surface area (Å²) in [4.78, 5) is 51.8. The van der Waals surface area contributed by atoms with E-state index in [-0.39, 0.29) is 25.5 Å². The molecule has 10 nitrogen and oxygen atoms in total. The summed E-state index contributed by atoms with van der Waals surface area (Å²) in [7, 11) is 1.50. The monoisotopic (exact) mass is 490 g/mol. The number of carbonyl (C=O) groups excluding carboxylic acids is 4. The molecule has 3 rings (SSSR count). The van der Waals surface area contributed by atoms with Crippen LogP contribution in [0.2, 0.25) is 0 Å². The predicted molar refractivity (Wildman–Crippen MR) is 125 cm³/mol. The van der Waals surface area contributed by atoms with Gasteiger partial charge in [-0.1, -0.05) is 6.07 Å². The van der Waals surface area contributed by atoms with Crippen LogP contribution in [-0.2, 0) is 23.8 Å². The lowest BCUT2D eigenvalue weighted by molar-refractivity contribution is -0.153. The zero-order valence-electron chi connectivity index (χ0n) is 21.0. The van der Waals surface area contributed by atoms with Gasteiger partial charge in [-0.2, -0.15) is 0 Å². The summed E-state index contributed by atoms with van der Waals surface area (Å²) in [5.74, 6) is -2.73. The number of rotatable bonds is 8. The molecule has 2 aliphatic carbocycles. The van der Waals surface area contributed by atoms with Crippen molar-refractivity contribution in [2.24, 2.45) is 17.8 Å². The minimum atomic E-state index is -1.55. The second-order valence-corrected chi connectivity index (χ2v) is 9.72. The third-order valence-electron chi connectivity index (χ3n) is 6.22. The summed E-state index contributed by atoms with van der Waals surface area (Å²) in [6.07, 6.45) is -0.759. The number of nitrogens with one attached hydrogen (secondary N) is 2. The molecule has 2 fully saturated rings.